The fraction of sp³-hybridized carbons (Fsp3) is 0.381. The maximum Gasteiger partial charge on any atom is 0.251 e. The van der Waals surface area contributed by atoms with E-state index in [4.69, 9.17) is 9.47 Å². The monoisotopic (exact) mass is 384 g/mol. The molecule has 0 spiro atoms. The Labute approximate surface area is 163 Å². The fourth-order valence-corrected chi connectivity index (χ4v) is 3.66. The summed E-state index contributed by atoms with van der Waals surface area (Å²) < 4.78 is 10.8. The van der Waals surface area contributed by atoms with Crippen LogP contribution in [0.5, 0.6) is 17.2 Å². The van der Waals surface area contributed by atoms with Crippen LogP contribution in [0.4, 0.5) is 0 Å². The summed E-state index contributed by atoms with van der Waals surface area (Å²) in [7, 11) is 0. The number of nitrogens with zero attached hydrogens (tertiary/aromatic N) is 1. The Morgan fingerprint density at radius 3 is 2.75 bits per heavy atom. The van der Waals surface area contributed by atoms with Crippen LogP contribution in [0.25, 0.3) is 0 Å². The summed E-state index contributed by atoms with van der Waals surface area (Å²) in [6, 6.07) is 11.6. The van der Waals surface area contributed by atoms with Crippen molar-refractivity contribution >= 4 is 5.91 Å². The van der Waals surface area contributed by atoms with Gasteiger partial charge in [0.2, 0.25) is 6.79 Å². The van der Waals surface area contributed by atoms with Gasteiger partial charge in [-0.05, 0) is 61.3 Å². The quantitative estimate of drug-likeness (QED) is 0.746. The summed E-state index contributed by atoms with van der Waals surface area (Å²) in [5, 5.41) is 22.8. The Morgan fingerprint density at radius 2 is 1.93 bits per heavy atom. The van der Waals surface area contributed by atoms with Crippen molar-refractivity contribution in [1.82, 2.24) is 10.2 Å². The van der Waals surface area contributed by atoms with Gasteiger partial charge in [-0.2, -0.15) is 0 Å². The van der Waals surface area contributed by atoms with Crippen molar-refractivity contribution < 1.29 is 24.5 Å². The van der Waals surface area contributed by atoms with Crippen LogP contribution in [0.3, 0.4) is 0 Å². The molecule has 4 rings (SSSR count). The molecule has 0 bridgehead atoms. The van der Waals surface area contributed by atoms with Crippen molar-refractivity contribution in [3.05, 3.63) is 53.6 Å². The van der Waals surface area contributed by atoms with E-state index in [0.29, 0.717) is 25.1 Å². The number of carbonyl (C=O) groups excluding carboxylic acids is 1. The lowest BCUT2D eigenvalue weighted by Gasteiger charge is -2.27. The minimum absolute atomic E-state index is 0.112. The number of hydrogen-bond donors (Lipinski definition) is 3. The number of ether oxygens (including phenoxy) is 2. The zero-order chi connectivity index (χ0) is 19.5. The van der Waals surface area contributed by atoms with E-state index < -0.39 is 6.10 Å². The number of phenols is 1. The summed E-state index contributed by atoms with van der Waals surface area (Å²) >= 11 is 0. The first-order chi connectivity index (χ1) is 13.6. The number of fused-ring (bicyclic) bond motifs is 1. The zero-order valence-electron chi connectivity index (χ0n) is 15.5. The molecule has 1 amide bonds. The number of benzene rings is 2. The van der Waals surface area contributed by atoms with Gasteiger partial charge in [0, 0.05) is 18.7 Å². The van der Waals surface area contributed by atoms with Gasteiger partial charge in [0.1, 0.15) is 5.75 Å². The molecule has 148 valence electrons. The van der Waals surface area contributed by atoms with E-state index in [9.17, 15) is 15.0 Å². The summed E-state index contributed by atoms with van der Waals surface area (Å²) in [6.07, 6.45) is 0.901. The van der Waals surface area contributed by atoms with E-state index in [1.807, 2.05) is 18.2 Å². The Morgan fingerprint density at radius 1 is 1.14 bits per heavy atom. The highest BCUT2D eigenvalue weighted by molar-refractivity contribution is 5.94. The predicted molar refractivity (Wildman–Crippen MR) is 102 cm³/mol. The maximum absolute atomic E-state index is 12.5. The molecular formula is C21H24N2O5. The van der Waals surface area contributed by atoms with Gasteiger partial charge in [0.05, 0.1) is 12.1 Å². The summed E-state index contributed by atoms with van der Waals surface area (Å²) in [5.41, 5.74) is 1.56. The van der Waals surface area contributed by atoms with Crippen LogP contribution in [0.2, 0.25) is 0 Å². The number of carbonyl (C=O) groups is 1. The van der Waals surface area contributed by atoms with Crippen LogP contribution in [-0.2, 0) is 6.54 Å². The van der Waals surface area contributed by atoms with Crippen LogP contribution in [0.1, 0.15) is 28.8 Å². The van der Waals surface area contributed by atoms with Crippen LogP contribution in [0, 0.1) is 0 Å². The SMILES string of the molecule is O=C(NC1CN(Cc2ccc3c(c2)OCO3)CCCC1O)c1ccc(O)cc1. The van der Waals surface area contributed by atoms with Crippen molar-refractivity contribution in [2.45, 2.75) is 31.5 Å². The zero-order valence-corrected chi connectivity index (χ0v) is 15.5. The molecule has 7 heteroatoms. The van der Waals surface area contributed by atoms with Gasteiger partial charge >= 0.3 is 0 Å². The highest BCUT2D eigenvalue weighted by Gasteiger charge is 2.27. The standard InChI is InChI=1S/C21H24N2O5/c24-16-6-4-15(5-7-16)21(26)22-17-12-23(9-1-2-18(17)25)11-14-3-8-19-20(10-14)28-13-27-19/h3-8,10,17-18,24-25H,1-2,9,11-13H2,(H,22,26). The number of rotatable bonds is 4. The highest BCUT2D eigenvalue weighted by atomic mass is 16.7. The van der Waals surface area contributed by atoms with E-state index in [2.05, 4.69) is 10.2 Å². The second kappa shape index (κ2) is 8.08. The third-order valence-electron chi connectivity index (χ3n) is 5.18. The normalized spacial score (nSPS) is 21.9. The second-order valence-electron chi connectivity index (χ2n) is 7.26. The number of aliphatic hydroxyl groups is 1. The smallest absolute Gasteiger partial charge is 0.251 e. The van der Waals surface area contributed by atoms with Crippen molar-refractivity contribution in [2.24, 2.45) is 0 Å². The molecule has 2 aliphatic heterocycles. The molecule has 2 aromatic rings. The van der Waals surface area contributed by atoms with Crippen LogP contribution in [0.15, 0.2) is 42.5 Å². The first-order valence-corrected chi connectivity index (χ1v) is 9.47. The lowest BCUT2D eigenvalue weighted by Crippen LogP contribution is -2.48. The average molecular weight is 384 g/mol. The number of aromatic hydroxyl groups is 1. The van der Waals surface area contributed by atoms with Crippen molar-refractivity contribution in [1.29, 1.82) is 0 Å². The third kappa shape index (κ3) is 4.21. The van der Waals surface area contributed by atoms with Gasteiger partial charge in [-0.1, -0.05) is 6.07 Å². The number of aliphatic hydroxyl groups excluding tert-OH is 1. The molecule has 0 radical (unpaired) electrons. The van der Waals surface area contributed by atoms with Crippen molar-refractivity contribution in [3.8, 4) is 17.2 Å². The molecule has 2 heterocycles. The molecule has 1 saturated heterocycles. The minimum atomic E-state index is -0.595. The number of hydrogen-bond acceptors (Lipinski definition) is 6. The number of nitrogens with one attached hydrogen (secondary N) is 1. The van der Waals surface area contributed by atoms with E-state index in [0.717, 1.165) is 30.0 Å². The van der Waals surface area contributed by atoms with Crippen LogP contribution < -0.4 is 14.8 Å². The Balaban J connectivity index is 1.42. The predicted octanol–water partition coefficient (Wildman–Crippen LogP) is 1.88. The summed E-state index contributed by atoms with van der Waals surface area (Å²) in [6.45, 7) is 2.35. The number of amides is 1. The molecule has 0 saturated carbocycles. The first-order valence-electron chi connectivity index (χ1n) is 9.47. The van der Waals surface area contributed by atoms with Crippen molar-refractivity contribution in [3.63, 3.8) is 0 Å². The average Bonchev–Trinajstić information content (AvgIpc) is 3.08. The molecule has 2 unspecified atom stereocenters. The Bertz CT molecular complexity index is 839. The van der Waals surface area contributed by atoms with Gasteiger partial charge in [-0.3, -0.25) is 9.69 Å². The lowest BCUT2D eigenvalue weighted by atomic mass is 10.1. The Hall–Kier alpha value is -2.77. The molecule has 7 nitrogen and oxygen atoms in total. The minimum Gasteiger partial charge on any atom is -0.508 e. The fourth-order valence-electron chi connectivity index (χ4n) is 3.66. The molecule has 2 aliphatic rings. The summed E-state index contributed by atoms with van der Waals surface area (Å²) in [4.78, 5) is 14.8. The molecule has 28 heavy (non-hydrogen) atoms. The molecule has 1 fully saturated rings. The molecular weight excluding hydrogens is 360 g/mol. The van der Waals surface area contributed by atoms with E-state index in [1.54, 1.807) is 12.1 Å². The van der Waals surface area contributed by atoms with Crippen LogP contribution in [-0.4, -0.2) is 53.0 Å². The van der Waals surface area contributed by atoms with E-state index in [-0.39, 0.29) is 24.5 Å². The first kappa shape index (κ1) is 18.6. The molecule has 2 aromatic carbocycles. The topological polar surface area (TPSA) is 91.3 Å². The van der Waals surface area contributed by atoms with E-state index >= 15 is 0 Å². The molecule has 0 aromatic heterocycles. The van der Waals surface area contributed by atoms with Gasteiger partial charge in [-0.25, -0.2) is 0 Å². The third-order valence-corrected chi connectivity index (χ3v) is 5.18. The summed E-state index contributed by atoms with van der Waals surface area (Å²) in [5.74, 6) is 1.37. The molecule has 2 atom stereocenters. The van der Waals surface area contributed by atoms with Gasteiger partial charge in [-0.15, -0.1) is 0 Å². The molecule has 3 N–H and O–H groups in total. The van der Waals surface area contributed by atoms with Gasteiger partial charge in [0.15, 0.2) is 11.5 Å². The highest BCUT2D eigenvalue weighted by Crippen LogP contribution is 2.33. The van der Waals surface area contributed by atoms with Gasteiger partial charge < -0.3 is 25.0 Å². The van der Waals surface area contributed by atoms with Gasteiger partial charge in [0.25, 0.3) is 5.91 Å². The Kier molecular flexibility index (Phi) is 5.36. The van der Waals surface area contributed by atoms with E-state index in [1.165, 1.54) is 12.1 Å². The number of phenolic OH excluding ortho intramolecular Hbond substituents is 1. The number of likely N-dealkylation sites (tertiary alicyclic amines) is 1. The van der Waals surface area contributed by atoms with Crippen molar-refractivity contribution in [2.75, 3.05) is 19.9 Å². The largest absolute Gasteiger partial charge is 0.508 e. The lowest BCUT2D eigenvalue weighted by molar-refractivity contribution is 0.0798. The maximum atomic E-state index is 12.5. The molecule has 0 aliphatic carbocycles. The van der Waals surface area contributed by atoms with Crippen LogP contribution >= 0.6 is 0 Å². The second-order valence-corrected chi connectivity index (χ2v) is 7.26.